The van der Waals surface area contributed by atoms with Crippen molar-refractivity contribution in [2.75, 3.05) is 0 Å². The fourth-order valence-electron chi connectivity index (χ4n) is 9.41. The second-order valence-corrected chi connectivity index (χ2v) is 12.5. The Morgan fingerprint density at radius 1 is 0.386 bits per heavy atom. The van der Waals surface area contributed by atoms with E-state index in [0.717, 1.165) is 11.5 Å². The summed E-state index contributed by atoms with van der Waals surface area (Å²) in [4.78, 5) is 0. The van der Waals surface area contributed by atoms with Gasteiger partial charge in [0.1, 0.15) is 33.6 Å². The molecule has 0 unspecified atom stereocenters. The lowest BCUT2D eigenvalue weighted by molar-refractivity contribution is -0.992. The lowest BCUT2D eigenvalue weighted by atomic mass is 9.84. The van der Waals surface area contributed by atoms with Crippen LogP contribution in [0.2, 0.25) is 0 Å². The van der Waals surface area contributed by atoms with E-state index >= 15 is 0 Å². The summed E-state index contributed by atoms with van der Waals surface area (Å²) in [6, 6.07) is 44.6. The highest BCUT2D eigenvalue weighted by Crippen LogP contribution is 2.57. The molecule has 3 aliphatic heterocycles. The second-order valence-electron chi connectivity index (χ2n) is 12.5. The molecule has 1 spiro atoms. The van der Waals surface area contributed by atoms with Crippen molar-refractivity contribution < 1.29 is 14.1 Å². The zero-order chi connectivity index (χ0) is 28.1. The maximum Gasteiger partial charge on any atom is 0.470 e. The van der Waals surface area contributed by atoms with Crippen molar-refractivity contribution in [2.24, 2.45) is 0 Å². The molecular formula is C39H20N4O+2. The van der Waals surface area contributed by atoms with Gasteiger partial charge in [0.25, 0.3) is 0 Å². The number of rotatable bonds is 0. The highest BCUT2D eigenvalue weighted by atomic mass is 16.5. The topological polar surface area (TPSA) is 25.8 Å². The summed E-state index contributed by atoms with van der Waals surface area (Å²) in [5.74, 6) is 1.84. The maximum atomic E-state index is 6.94. The molecule has 6 aromatic carbocycles. The van der Waals surface area contributed by atoms with Crippen molar-refractivity contribution in [1.29, 1.82) is 0 Å². The molecule has 5 heteroatoms. The van der Waals surface area contributed by atoms with Gasteiger partial charge in [0.2, 0.25) is 11.0 Å². The van der Waals surface area contributed by atoms with E-state index in [9.17, 15) is 0 Å². The molecule has 0 saturated carbocycles. The fraction of sp³-hybridized carbons (Fsp3) is 0.0256. The van der Waals surface area contributed by atoms with E-state index in [2.05, 4.69) is 140 Å². The summed E-state index contributed by atoms with van der Waals surface area (Å²) in [6.07, 6.45) is 0. The van der Waals surface area contributed by atoms with Gasteiger partial charge >= 0.3 is 5.66 Å². The Morgan fingerprint density at radius 2 is 0.773 bits per heavy atom. The number of benzene rings is 6. The molecule has 13 rings (SSSR count). The SMILES string of the molecule is c1ccc2c(c1)c1ccc3c4c1n1c2c2ccccc2[n+]1C41c2c(ccc4c5ccccc5c5c6ccccc6[n+]1n5c24)O3. The van der Waals surface area contributed by atoms with Gasteiger partial charge < -0.3 is 4.74 Å². The lowest BCUT2D eigenvalue weighted by Crippen LogP contribution is -2.74. The molecule has 0 N–H and O–H groups in total. The first-order valence-corrected chi connectivity index (χ1v) is 15.2. The van der Waals surface area contributed by atoms with E-state index in [1.807, 2.05) is 0 Å². The minimum Gasteiger partial charge on any atom is -0.455 e. The van der Waals surface area contributed by atoms with Crippen LogP contribution in [0.5, 0.6) is 11.5 Å². The number of para-hydroxylation sites is 2. The number of ether oxygens (including phenoxy) is 1. The largest absolute Gasteiger partial charge is 0.470 e. The van der Waals surface area contributed by atoms with Gasteiger partial charge in [-0.05, 0) is 56.5 Å². The highest BCUT2D eigenvalue weighted by Gasteiger charge is 2.73. The molecule has 5 nitrogen and oxygen atoms in total. The first kappa shape index (κ1) is 20.9. The van der Waals surface area contributed by atoms with E-state index < -0.39 is 5.66 Å². The Hall–Kier alpha value is -5.94. The van der Waals surface area contributed by atoms with E-state index in [1.165, 1.54) is 87.3 Å². The van der Waals surface area contributed by atoms with Crippen molar-refractivity contribution in [1.82, 2.24) is 9.03 Å². The monoisotopic (exact) mass is 560 g/mol. The van der Waals surface area contributed by atoms with Gasteiger partial charge in [-0.25, -0.2) is 0 Å². The molecule has 0 bridgehead atoms. The van der Waals surface area contributed by atoms with Crippen molar-refractivity contribution >= 4 is 76.2 Å². The molecule has 10 aromatic rings. The minimum absolute atomic E-state index is 0.695. The molecule has 0 radical (unpaired) electrons. The predicted octanol–water partition coefficient (Wildman–Crippen LogP) is 7.72. The van der Waals surface area contributed by atoms with Gasteiger partial charge in [-0.3, -0.25) is 0 Å². The van der Waals surface area contributed by atoms with Gasteiger partial charge in [-0.1, -0.05) is 72.8 Å². The molecule has 0 atom stereocenters. The van der Waals surface area contributed by atoms with Crippen LogP contribution in [0.15, 0.2) is 121 Å². The number of hydrogen-bond donors (Lipinski definition) is 0. The Bertz CT molecular complexity index is 2880. The quantitative estimate of drug-likeness (QED) is 0.138. The zero-order valence-electron chi connectivity index (χ0n) is 23.2. The molecule has 0 saturated heterocycles. The smallest absolute Gasteiger partial charge is 0.455 e. The molecule has 0 aliphatic carbocycles. The van der Waals surface area contributed by atoms with Gasteiger partial charge in [0, 0.05) is 33.7 Å². The van der Waals surface area contributed by atoms with Crippen LogP contribution in [0.4, 0.5) is 0 Å². The molecule has 0 amide bonds. The highest BCUT2D eigenvalue weighted by molar-refractivity contribution is 6.21. The standard InChI is InChI=1S/C39H20N4O/c1-3-11-23-21(9-1)25-17-19-31-33-37(25)40-35(23)27-13-5-7-15-29(27)42(40)39(33)34-32(44-31)20-18-26-22-10-2-4-12-24(22)36-28-14-6-8-16-30(28)43(39)41(36)38(26)34/h1-20H/q+2. The Morgan fingerprint density at radius 3 is 1.25 bits per heavy atom. The van der Waals surface area contributed by atoms with Crippen molar-refractivity contribution in [3.05, 3.63) is 132 Å². The van der Waals surface area contributed by atoms with Crippen molar-refractivity contribution in [3.63, 3.8) is 0 Å². The van der Waals surface area contributed by atoms with Crippen molar-refractivity contribution in [3.8, 4) is 11.5 Å². The second kappa shape index (κ2) is 6.36. The van der Waals surface area contributed by atoms with Crippen LogP contribution in [-0.2, 0) is 5.66 Å². The average Bonchev–Trinajstić information content (AvgIpc) is 3.79. The van der Waals surface area contributed by atoms with Crippen LogP contribution in [0, 0.1) is 0 Å². The summed E-state index contributed by atoms with van der Waals surface area (Å²) in [5, 5.41) is 10.1. The predicted molar refractivity (Wildman–Crippen MR) is 172 cm³/mol. The summed E-state index contributed by atoms with van der Waals surface area (Å²) in [6.45, 7) is 0. The molecule has 0 fully saturated rings. The van der Waals surface area contributed by atoms with Gasteiger partial charge in [-0.15, -0.1) is 9.03 Å². The van der Waals surface area contributed by atoms with E-state index in [-0.39, 0.29) is 0 Å². The van der Waals surface area contributed by atoms with Crippen LogP contribution < -0.4 is 14.1 Å². The van der Waals surface area contributed by atoms with Gasteiger partial charge in [0.15, 0.2) is 11.1 Å². The number of pyridine rings is 2. The number of aromatic nitrogens is 4. The summed E-state index contributed by atoms with van der Waals surface area (Å²) in [5.41, 5.74) is 9.08. The van der Waals surface area contributed by atoms with Crippen molar-refractivity contribution in [2.45, 2.75) is 5.66 Å². The molecule has 4 aromatic heterocycles. The minimum atomic E-state index is -0.695. The third kappa shape index (κ3) is 1.82. The average molecular weight is 561 g/mol. The van der Waals surface area contributed by atoms with Crippen LogP contribution in [0.3, 0.4) is 0 Å². The van der Waals surface area contributed by atoms with Crippen LogP contribution >= 0.6 is 0 Å². The van der Waals surface area contributed by atoms with Crippen LogP contribution in [0.25, 0.3) is 76.2 Å². The summed E-state index contributed by atoms with van der Waals surface area (Å²) >= 11 is 0. The zero-order valence-corrected chi connectivity index (χ0v) is 23.2. The van der Waals surface area contributed by atoms with Gasteiger partial charge in [0.05, 0.1) is 10.8 Å². The summed E-state index contributed by atoms with van der Waals surface area (Å²) < 4.78 is 17.2. The Kier molecular flexibility index (Phi) is 3.01. The van der Waals surface area contributed by atoms with Crippen LogP contribution in [0.1, 0.15) is 11.1 Å². The fourth-order valence-corrected chi connectivity index (χ4v) is 9.41. The maximum absolute atomic E-state index is 6.94. The molecule has 3 aliphatic rings. The van der Waals surface area contributed by atoms with Gasteiger partial charge in [-0.2, -0.15) is 0 Å². The van der Waals surface area contributed by atoms with E-state index in [4.69, 9.17) is 4.74 Å². The van der Waals surface area contributed by atoms with E-state index in [1.54, 1.807) is 0 Å². The Balaban J connectivity index is 1.45. The van der Waals surface area contributed by atoms with E-state index in [0.29, 0.717) is 0 Å². The third-order valence-electron chi connectivity index (χ3n) is 10.8. The number of nitrogens with zero attached hydrogens (tertiary/aromatic N) is 4. The molecule has 7 heterocycles. The third-order valence-corrected chi connectivity index (χ3v) is 10.8. The first-order valence-electron chi connectivity index (χ1n) is 15.2. The number of fused-ring (bicyclic) bond motifs is 12. The lowest BCUT2D eigenvalue weighted by Gasteiger charge is -2.24. The molecule has 200 valence electrons. The summed E-state index contributed by atoms with van der Waals surface area (Å²) in [7, 11) is 0. The Labute approximate surface area is 248 Å². The normalized spacial score (nSPS) is 15.2. The molecule has 44 heavy (non-hydrogen) atoms. The first-order chi connectivity index (χ1) is 21.9. The number of hydrogen-bond acceptors (Lipinski definition) is 1. The van der Waals surface area contributed by atoms with Crippen LogP contribution in [-0.4, -0.2) is 9.03 Å². The molecular weight excluding hydrogens is 540 g/mol.